The van der Waals surface area contributed by atoms with Gasteiger partial charge in [-0.15, -0.1) is 0 Å². The highest BCUT2D eigenvalue weighted by Gasteiger charge is 2.26. The molecule has 8 heteroatoms. The van der Waals surface area contributed by atoms with E-state index in [-0.39, 0.29) is 43.8 Å². The summed E-state index contributed by atoms with van der Waals surface area (Å²) in [7, 11) is -3.85. The fourth-order valence-electron chi connectivity index (χ4n) is 3.36. The molecule has 0 saturated carbocycles. The van der Waals surface area contributed by atoms with Crippen molar-refractivity contribution in [1.29, 1.82) is 0 Å². The Hall–Kier alpha value is -3.23. The maximum absolute atomic E-state index is 13.3. The lowest BCUT2D eigenvalue weighted by atomic mass is 10.2. The first-order valence-corrected chi connectivity index (χ1v) is 12.5. The van der Waals surface area contributed by atoms with Crippen LogP contribution in [0, 0.1) is 11.7 Å². The van der Waals surface area contributed by atoms with Crippen molar-refractivity contribution < 1.29 is 22.0 Å². The molecule has 1 aromatic heterocycles. The topological polar surface area (TPSA) is 70.8 Å². The third-order valence-corrected chi connectivity index (χ3v) is 6.52. The molecule has 0 fully saturated rings. The maximum Gasteiger partial charge on any atom is 0.238 e. The number of rotatable bonds is 11. The molecule has 34 heavy (non-hydrogen) atoms. The number of furan rings is 1. The van der Waals surface area contributed by atoms with E-state index in [0.29, 0.717) is 5.76 Å². The summed E-state index contributed by atoms with van der Waals surface area (Å²) in [6, 6.07) is 18.4. The third-order valence-electron chi connectivity index (χ3n) is 5.04. The zero-order valence-electron chi connectivity index (χ0n) is 19.3. The van der Waals surface area contributed by atoms with Crippen LogP contribution in [-0.2, 0) is 27.9 Å². The molecule has 0 aliphatic rings. The van der Waals surface area contributed by atoms with Gasteiger partial charge in [0.1, 0.15) is 11.6 Å². The van der Waals surface area contributed by atoms with Gasteiger partial charge in [-0.25, -0.2) is 12.8 Å². The van der Waals surface area contributed by atoms with E-state index in [2.05, 4.69) is 0 Å². The number of amides is 1. The van der Waals surface area contributed by atoms with E-state index in [0.717, 1.165) is 16.5 Å². The van der Waals surface area contributed by atoms with Crippen molar-refractivity contribution in [2.45, 2.75) is 26.9 Å². The summed E-state index contributed by atoms with van der Waals surface area (Å²) >= 11 is 0. The molecule has 1 heterocycles. The van der Waals surface area contributed by atoms with Crippen molar-refractivity contribution in [2.75, 3.05) is 13.1 Å². The quantitative estimate of drug-likeness (QED) is 0.388. The Kier molecular flexibility index (Phi) is 8.79. The SMILES string of the molecule is CC(C)CN(CC(=O)N(Cc1ccc(F)cc1)Cc1ccco1)S(=O)(=O)C=Cc1ccccc1. The van der Waals surface area contributed by atoms with E-state index < -0.39 is 10.0 Å². The molecule has 0 saturated heterocycles. The van der Waals surface area contributed by atoms with Gasteiger partial charge in [0, 0.05) is 18.5 Å². The first-order valence-electron chi connectivity index (χ1n) is 11.0. The van der Waals surface area contributed by atoms with Crippen LogP contribution in [0.2, 0.25) is 0 Å². The van der Waals surface area contributed by atoms with Crippen molar-refractivity contribution in [3.63, 3.8) is 0 Å². The third kappa shape index (κ3) is 7.67. The zero-order chi connectivity index (χ0) is 24.6. The summed E-state index contributed by atoms with van der Waals surface area (Å²) in [6.45, 7) is 4.02. The molecule has 2 aromatic carbocycles. The van der Waals surface area contributed by atoms with E-state index in [1.807, 2.05) is 32.0 Å². The lowest BCUT2D eigenvalue weighted by Gasteiger charge is -2.27. The summed E-state index contributed by atoms with van der Waals surface area (Å²) in [6.07, 6.45) is 3.03. The van der Waals surface area contributed by atoms with Crippen LogP contribution in [0.5, 0.6) is 0 Å². The highest BCUT2D eigenvalue weighted by atomic mass is 32.2. The van der Waals surface area contributed by atoms with Crippen LogP contribution in [0.15, 0.2) is 82.8 Å². The van der Waals surface area contributed by atoms with E-state index >= 15 is 0 Å². The molecule has 0 aliphatic heterocycles. The predicted molar refractivity (Wildman–Crippen MR) is 130 cm³/mol. The summed E-state index contributed by atoms with van der Waals surface area (Å²) in [5.41, 5.74) is 1.47. The number of hydrogen-bond acceptors (Lipinski definition) is 4. The van der Waals surface area contributed by atoms with Gasteiger partial charge in [-0.05, 0) is 47.4 Å². The zero-order valence-corrected chi connectivity index (χ0v) is 20.1. The number of sulfonamides is 1. The van der Waals surface area contributed by atoms with Gasteiger partial charge in [-0.2, -0.15) is 4.31 Å². The smallest absolute Gasteiger partial charge is 0.238 e. The molecule has 180 valence electrons. The fourth-order valence-corrected chi connectivity index (χ4v) is 4.66. The van der Waals surface area contributed by atoms with E-state index in [9.17, 15) is 17.6 Å². The lowest BCUT2D eigenvalue weighted by Crippen LogP contribution is -2.43. The van der Waals surface area contributed by atoms with Gasteiger partial charge in [-0.1, -0.05) is 56.3 Å². The van der Waals surface area contributed by atoms with E-state index in [1.165, 1.54) is 33.7 Å². The average molecular weight is 485 g/mol. The number of hydrogen-bond donors (Lipinski definition) is 0. The van der Waals surface area contributed by atoms with Crippen LogP contribution in [0.1, 0.15) is 30.7 Å². The number of carbonyl (C=O) groups is 1. The summed E-state index contributed by atoms with van der Waals surface area (Å²) in [5, 5.41) is 1.13. The molecule has 0 aliphatic carbocycles. The number of benzene rings is 2. The Morgan fingerprint density at radius 2 is 1.71 bits per heavy atom. The van der Waals surface area contributed by atoms with Crippen molar-refractivity contribution in [3.05, 3.63) is 101 Å². The Bertz CT molecular complexity index is 1180. The molecule has 0 spiro atoms. The second-order valence-corrected chi connectivity index (χ2v) is 10.2. The second kappa shape index (κ2) is 11.8. The van der Waals surface area contributed by atoms with Crippen molar-refractivity contribution in [2.24, 2.45) is 5.92 Å². The number of nitrogens with zero attached hydrogens (tertiary/aromatic N) is 2. The molecule has 0 N–H and O–H groups in total. The van der Waals surface area contributed by atoms with Crippen molar-refractivity contribution in [1.82, 2.24) is 9.21 Å². The van der Waals surface area contributed by atoms with Crippen molar-refractivity contribution in [3.8, 4) is 0 Å². The van der Waals surface area contributed by atoms with Gasteiger partial charge in [0.15, 0.2) is 0 Å². The molecule has 3 rings (SSSR count). The van der Waals surface area contributed by atoms with Crippen LogP contribution >= 0.6 is 0 Å². The van der Waals surface area contributed by atoms with Crippen molar-refractivity contribution >= 4 is 22.0 Å². The monoisotopic (exact) mass is 484 g/mol. The first kappa shape index (κ1) is 25.4. The fraction of sp³-hybridized carbons (Fsp3) is 0.269. The van der Waals surface area contributed by atoms with Crippen LogP contribution in [0.3, 0.4) is 0 Å². The lowest BCUT2D eigenvalue weighted by molar-refractivity contribution is -0.133. The minimum atomic E-state index is -3.85. The molecule has 6 nitrogen and oxygen atoms in total. The molecule has 0 unspecified atom stereocenters. The Morgan fingerprint density at radius 3 is 2.32 bits per heavy atom. The van der Waals surface area contributed by atoms with Gasteiger partial charge < -0.3 is 9.32 Å². The Morgan fingerprint density at radius 1 is 1.00 bits per heavy atom. The Balaban J connectivity index is 1.81. The van der Waals surface area contributed by atoms with E-state index in [1.54, 1.807) is 36.4 Å². The van der Waals surface area contributed by atoms with Gasteiger partial charge in [0.25, 0.3) is 0 Å². The highest BCUT2D eigenvalue weighted by Crippen LogP contribution is 2.15. The molecule has 0 atom stereocenters. The average Bonchev–Trinajstić information content (AvgIpc) is 3.32. The molecule has 3 aromatic rings. The van der Waals surface area contributed by atoms with Gasteiger partial charge >= 0.3 is 0 Å². The molecule has 1 amide bonds. The molecule has 0 radical (unpaired) electrons. The van der Waals surface area contributed by atoms with Crippen LogP contribution < -0.4 is 0 Å². The first-order chi connectivity index (χ1) is 16.2. The molecular weight excluding hydrogens is 455 g/mol. The van der Waals surface area contributed by atoms with Gasteiger partial charge in [-0.3, -0.25) is 4.79 Å². The van der Waals surface area contributed by atoms with Crippen LogP contribution in [0.4, 0.5) is 4.39 Å². The molecular formula is C26H29FN2O4S. The minimum absolute atomic E-state index is 0.0170. The second-order valence-electron chi connectivity index (χ2n) is 8.40. The minimum Gasteiger partial charge on any atom is -0.467 e. The summed E-state index contributed by atoms with van der Waals surface area (Å²) in [4.78, 5) is 14.8. The van der Waals surface area contributed by atoms with Gasteiger partial charge in [0.2, 0.25) is 15.9 Å². The maximum atomic E-state index is 13.3. The Labute approximate surface area is 200 Å². The standard InChI is InChI=1S/C26H29FN2O4S/c1-21(2)17-29(34(31,32)16-14-22-7-4-3-5-8-22)20-26(30)28(19-25-9-6-15-33-25)18-23-10-12-24(27)13-11-23/h3-16,21H,17-20H2,1-2H3. The van der Waals surface area contributed by atoms with Gasteiger partial charge in [0.05, 0.1) is 19.4 Å². The number of halogens is 1. The van der Waals surface area contributed by atoms with Crippen LogP contribution in [0.25, 0.3) is 6.08 Å². The largest absolute Gasteiger partial charge is 0.467 e. The number of carbonyl (C=O) groups excluding carboxylic acids is 1. The predicted octanol–water partition coefficient (Wildman–Crippen LogP) is 4.91. The summed E-state index contributed by atoms with van der Waals surface area (Å²) < 4.78 is 46.2. The van der Waals surface area contributed by atoms with Crippen LogP contribution in [-0.4, -0.2) is 36.6 Å². The summed E-state index contributed by atoms with van der Waals surface area (Å²) in [5.74, 6) is -0.161. The normalized spacial score (nSPS) is 12.0. The highest BCUT2D eigenvalue weighted by molar-refractivity contribution is 7.92. The molecule has 0 bridgehead atoms. The van der Waals surface area contributed by atoms with E-state index in [4.69, 9.17) is 4.42 Å².